The molecule has 0 saturated heterocycles. The standard InChI is InChI=1S/C27H27FN4O3/c28-23-8-4-3-7-22(23)24-13-14-26(34)32(30-24)17-25(33)29-20-11-9-18(10-12-20)15-31-16-19-5-1-2-6-21(19)27(31)35/h1-8,13-14,18,20H,9-12,15-17H2,(H,29,33). The Morgan fingerprint density at radius 1 is 0.943 bits per heavy atom. The molecule has 7 nitrogen and oxygen atoms in total. The molecule has 1 aromatic heterocycles. The Kier molecular flexibility index (Phi) is 6.44. The molecule has 1 saturated carbocycles. The lowest BCUT2D eigenvalue weighted by Gasteiger charge is -2.31. The number of hydrogen-bond acceptors (Lipinski definition) is 4. The van der Waals surface area contributed by atoms with Crippen molar-refractivity contribution in [2.24, 2.45) is 5.92 Å². The normalized spacial score (nSPS) is 19.5. The molecule has 5 rings (SSSR count). The van der Waals surface area contributed by atoms with Crippen LogP contribution in [0.4, 0.5) is 4.39 Å². The third-order valence-corrected chi connectivity index (χ3v) is 6.90. The number of fused-ring (bicyclic) bond motifs is 1. The Bertz CT molecular complexity index is 1310. The van der Waals surface area contributed by atoms with E-state index < -0.39 is 11.4 Å². The number of amides is 2. The monoisotopic (exact) mass is 474 g/mol. The van der Waals surface area contributed by atoms with Crippen LogP contribution in [-0.4, -0.2) is 39.1 Å². The fourth-order valence-corrected chi connectivity index (χ4v) is 5.05. The van der Waals surface area contributed by atoms with Crippen molar-refractivity contribution in [1.82, 2.24) is 20.0 Å². The second kappa shape index (κ2) is 9.82. The highest BCUT2D eigenvalue weighted by atomic mass is 19.1. The van der Waals surface area contributed by atoms with Gasteiger partial charge < -0.3 is 10.2 Å². The summed E-state index contributed by atoms with van der Waals surface area (Å²) in [6, 6.07) is 16.7. The van der Waals surface area contributed by atoms with Gasteiger partial charge in [0, 0.05) is 36.3 Å². The van der Waals surface area contributed by atoms with Crippen LogP contribution in [-0.2, 0) is 17.9 Å². The topological polar surface area (TPSA) is 84.3 Å². The van der Waals surface area contributed by atoms with E-state index in [0.29, 0.717) is 18.2 Å². The number of hydrogen-bond donors (Lipinski definition) is 1. The molecule has 1 aliphatic carbocycles. The maximum absolute atomic E-state index is 14.1. The molecular weight excluding hydrogens is 447 g/mol. The van der Waals surface area contributed by atoms with Gasteiger partial charge >= 0.3 is 0 Å². The third kappa shape index (κ3) is 5.01. The number of carbonyl (C=O) groups is 2. The van der Waals surface area contributed by atoms with Crippen molar-refractivity contribution in [1.29, 1.82) is 0 Å². The summed E-state index contributed by atoms with van der Waals surface area (Å²) < 4.78 is 15.2. The second-order valence-corrected chi connectivity index (χ2v) is 9.32. The van der Waals surface area contributed by atoms with E-state index in [0.717, 1.165) is 48.0 Å². The molecule has 0 unspecified atom stereocenters. The summed E-state index contributed by atoms with van der Waals surface area (Å²) in [4.78, 5) is 39.4. The lowest BCUT2D eigenvalue weighted by Crippen LogP contribution is -2.42. The Morgan fingerprint density at radius 3 is 2.40 bits per heavy atom. The number of nitrogens with one attached hydrogen (secondary N) is 1. The highest BCUT2D eigenvalue weighted by Gasteiger charge is 2.30. The summed E-state index contributed by atoms with van der Waals surface area (Å²) in [5.74, 6) is -0.223. The zero-order valence-corrected chi connectivity index (χ0v) is 19.3. The van der Waals surface area contributed by atoms with Gasteiger partial charge in [0.25, 0.3) is 11.5 Å². The summed E-state index contributed by atoms with van der Waals surface area (Å²) in [7, 11) is 0. The maximum atomic E-state index is 14.1. The van der Waals surface area contributed by atoms with Crippen LogP contribution >= 0.6 is 0 Å². The number of carbonyl (C=O) groups excluding carboxylic acids is 2. The first-order chi connectivity index (χ1) is 17.0. The van der Waals surface area contributed by atoms with E-state index in [4.69, 9.17) is 0 Å². The molecule has 0 radical (unpaired) electrons. The predicted molar refractivity (Wildman–Crippen MR) is 129 cm³/mol. The first kappa shape index (κ1) is 23.0. The summed E-state index contributed by atoms with van der Waals surface area (Å²) in [6.07, 6.45) is 3.49. The van der Waals surface area contributed by atoms with Gasteiger partial charge in [-0.3, -0.25) is 14.4 Å². The van der Waals surface area contributed by atoms with Crippen molar-refractivity contribution >= 4 is 11.8 Å². The van der Waals surface area contributed by atoms with Gasteiger partial charge in [-0.1, -0.05) is 30.3 Å². The average molecular weight is 475 g/mol. The third-order valence-electron chi connectivity index (χ3n) is 6.90. The van der Waals surface area contributed by atoms with Crippen molar-refractivity contribution in [2.45, 2.75) is 44.8 Å². The van der Waals surface area contributed by atoms with Gasteiger partial charge in [-0.25, -0.2) is 9.07 Å². The molecule has 0 spiro atoms. The molecule has 0 bridgehead atoms. The zero-order valence-electron chi connectivity index (χ0n) is 19.3. The molecule has 35 heavy (non-hydrogen) atoms. The predicted octanol–water partition coefficient (Wildman–Crippen LogP) is 3.38. The van der Waals surface area contributed by atoms with Crippen LogP contribution in [0.5, 0.6) is 0 Å². The zero-order chi connectivity index (χ0) is 24.4. The van der Waals surface area contributed by atoms with Crippen molar-refractivity contribution in [3.8, 4) is 11.3 Å². The lowest BCUT2D eigenvalue weighted by molar-refractivity contribution is -0.122. The molecule has 1 fully saturated rings. The number of aromatic nitrogens is 2. The molecule has 3 aromatic rings. The Hall–Kier alpha value is -3.81. The molecule has 0 atom stereocenters. The maximum Gasteiger partial charge on any atom is 0.267 e. The molecule has 2 heterocycles. The fourth-order valence-electron chi connectivity index (χ4n) is 5.05. The largest absolute Gasteiger partial charge is 0.352 e. The number of nitrogens with zero attached hydrogens (tertiary/aromatic N) is 3. The number of benzene rings is 2. The van der Waals surface area contributed by atoms with Crippen LogP contribution in [0.15, 0.2) is 65.5 Å². The Labute approximate surface area is 202 Å². The van der Waals surface area contributed by atoms with E-state index in [2.05, 4.69) is 10.4 Å². The van der Waals surface area contributed by atoms with E-state index in [1.54, 1.807) is 18.2 Å². The van der Waals surface area contributed by atoms with Crippen molar-refractivity contribution in [3.05, 3.63) is 88.0 Å². The van der Waals surface area contributed by atoms with Crippen LogP contribution in [0.1, 0.15) is 41.6 Å². The average Bonchev–Trinajstić information content (AvgIpc) is 3.17. The summed E-state index contributed by atoms with van der Waals surface area (Å²) in [5.41, 5.74) is 2.05. The lowest BCUT2D eigenvalue weighted by atomic mass is 9.85. The van der Waals surface area contributed by atoms with E-state index in [1.807, 2.05) is 29.2 Å². The van der Waals surface area contributed by atoms with Crippen LogP contribution in [0.25, 0.3) is 11.3 Å². The molecule has 1 N–H and O–H groups in total. The van der Waals surface area contributed by atoms with E-state index >= 15 is 0 Å². The molecule has 1 aliphatic heterocycles. The quantitative estimate of drug-likeness (QED) is 0.594. The van der Waals surface area contributed by atoms with Gasteiger partial charge in [0.15, 0.2) is 0 Å². The van der Waals surface area contributed by atoms with Gasteiger partial charge in [-0.15, -0.1) is 0 Å². The second-order valence-electron chi connectivity index (χ2n) is 9.32. The van der Waals surface area contributed by atoms with E-state index in [-0.39, 0.29) is 30.0 Å². The van der Waals surface area contributed by atoms with Gasteiger partial charge in [-0.2, -0.15) is 5.10 Å². The van der Waals surface area contributed by atoms with Crippen molar-refractivity contribution in [3.63, 3.8) is 0 Å². The van der Waals surface area contributed by atoms with Crippen molar-refractivity contribution < 1.29 is 14.0 Å². The van der Waals surface area contributed by atoms with Crippen molar-refractivity contribution in [2.75, 3.05) is 6.54 Å². The van der Waals surface area contributed by atoms with Crippen LogP contribution in [0, 0.1) is 11.7 Å². The molecule has 2 aromatic carbocycles. The summed E-state index contributed by atoms with van der Waals surface area (Å²) in [5, 5.41) is 7.20. The molecular formula is C27H27FN4O3. The minimum atomic E-state index is -0.439. The number of halogens is 1. The summed E-state index contributed by atoms with van der Waals surface area (Å²) >= 11 is 0. The van der Waals surface area contributed by atoms with Gasteiger partial charge in [0.1, 0.15) is 12.4 Å². The first-order valence-corrected chi connectivity index (χ1v) is 12.0. The number of rotatable bonds is 6. The van der Waals surface area contributed by atoms with E-state index in [9.17, 15) is 18.8 Å². The SMILES string of the molecule is O=C(Cn1nc(-c2ccccc2F)ccc1=O)NC1CCC(CN2Cc3ccccc3C2=O)CC1. The Balaban J connectivity index is 1.13. The van der Waals surface area contributed by atoms with Crippen LogP contribution < -0.4 is 10.9 Å². The van der Waals surface area contributed by atoms with Gasteiger partial charge in [-0.05, 0) is 61.4 Å². The molecule has 8 heteroatoms. The van der Waals surface area contributed by atoms with Gasteiger partial charge in [0.2, 0.25) is 5.91 Å². The molecule has 180 valence electrons. The van der Waals surface area contributed by atoms with Crippen LogP contribution in [0.3, 0.4) is 0 Å². The smallest absolute Gasteiger partial charge is 0.267 e. The van der Waals surface area contributed by atoms with Crippen LogP contribution in [0.2, 0.25) is 0 Å². The highest BCUT2D eigenvalue weighted by molar-refractivity contribution is 5.98. The molecule has 2 amide bonds. The minimum Gasteiger partial charge on any atom is -0.352 e. The first-order valence-electron chi connectivity index (χ1n) is 12.0. The summed E-state index contributed by atoms with van der Waals surface area (Å²) in [6.45, 7) is 1.18. The highest BCUT2D eigenvalue weighted by Crippen LogP contribution is 2.29. The molecule has 2 aliphatic rings. The van der Waals surface area contributed by atoms with E-state index in [1.165, 1.54) is 18.2 Å². The van der Waals surface area contributed by atoms with Gasteiger partial charge in [0.05, 0.1) is 5.69 Å². The fraction of sp³-hybridized carbons (Fsp3) is 0.333. The Morgan fingerprint density at radius 2 is 1.66 bits per heavy atom. The minimum absolute atomic E-state index is 0.0238.